The molecule has 0 aromatic heterocycles. The normalized spacial score (nSPS) is 26.5. The summed E-state index contributed by atoms with van der Waals surface area (Å²) in [6, 6.07) is 29.1. The third kappa shape index (κ3) is 13.0. The van der Waals surface area contributed by atoms with Crippen molar-refractivity contribution < 1.29 is 35.9 Å². The van der Waals surface area contributed by atoms with Crippen molar-refractivity contribution >= 4 is 34.8 Å². The minimum absolute atomic E-state index is 0.0400. The Hall–Kier alpha value is -1.46. The molecule has 6 rings (SSSR count). The summed E-state index contributed by atoms with van der Waals surface area (Å²) in [5.74, 6) is -1.24. The highest BCUT2D eigenvalue weighted by molar-refractivity contribution is 7.92. The zero-order valence-electron chi connectivity index (χ0n) is 41.7. The van der Waals surface area contributed by atoms with Crippen LogP contribution in [0.1, 0.15) is 120 Å². The van der Waals surface area contributed by atoms with Gasteiger partial charge in [-0.3, -0.25) is 0 Å². The molecule has 362 valence electrons. The summed E-state index contributed by atoms with van der Waals surface area (Å²) in [6.45, 7) is 24.7. The van der Waals surface area contributed by atoms with Gasteiger partial charge in [0.25, 0.3) is 5.97 Å². The second kappa shape index (κ2) is 24.2. The number of hydrogen-bond donors (Lipinski definition) is 0. The van der Waals surface area contributed by atoms with Crippen molar-refractivity contribution in [3.8, 4) is 0 Å². The first-order valence-electron chi connectivity index (χ1n) is 25.6. The van der Waals surface area contributed by atoms with E-state index in [9.17, 15) is 0 Å². The number of rotatable bonds is 29. The van der Waals surface area contributed by atoms with Gasteiger partial charge in [0.1, 0.15) is 0 Å². The predicted molar refractivity (Wildman–Crippen MR) is 271 cm³/mol. The Bertz CT molecular complexity index is 1750. The molecule has 3 heterocycles. The third-order valence-corrected chi connectivity index (χ3v) is 32.5. The largest absolute Gasteiger partial charge is 0.414 e. The molecule has 2 aromatic carbocycles. The number of benzene rings is 2. The minimum Gasteiger partial charge on any atom is -0.414 e. The lowest BCUT2D eigenvalue weighted by Crippen LogP contribution is -2.58. The van der Waals surface area contributed by atoms with Crippen LogP contribution in [0, 0.1) is 17.3 Å². The lowest BCUT2D eigenvalue weighted by Gasteiger charge is -2.50. The van der Waals surface area contributed by atoms with E-state index in [4.69, 9.17) is 27.5 Å². The Morgan fingerprint density at radius 3 is 1.70 bits per heavy atom. The van der Waals surface area contributed by atoms with E-state index in [0.29, 0.717) is 37.6 Å². The lowest BCUT2D eigenvalue weighted by atomic mass is 9.85. The summed E-state index contributed by atoms with van der Waals surface area (Å²) in [6.07, 6.45) is 9.99. The van der Waals surface area contributed by atoms with E-state index in [1.165, 1.54) is 5.56 Å². The Morgan fingerprint density at radius 2 is 1.19 bits per heavy atom. The van der Waals surface area contributed by atoms with Gasteiger partial charge < -0.3 is 27.5 Å². The maximum absolute atomic E-state index is 15.8. The molecule has 0 amide bonds. The molecule has 0 spiro atoms. The van der Waals surface area contributed by atoms with Gasteiger partial charge in [-0.25, -0.2) is 8.42 Å². The van der Waals surface area contributed by atoms with Crippen LogP contribution in [0.3, 0.4) is 0 Å². The molecule has 8 nitrogen and oxygen atoms in total. The van der Waals surface area contributed by atoms with Crippen LogP contribution in [0.5, 0.6) is 0 Å². The van der Waals surface area contributed by atoms with Crippen molar-refractivity contribution in [1.29, 1.82) is 0 Å². The molecule has 64 heavy (non-hydrogen) atoms. The molecule has 2 aromatic rings. The van der Waals surface area contributed by atoms with E-state index in [0.717, 1.165) is 92.9 Å². The van der Waals surface area contributed by atoms with Crippen LogP contribution < -0.4 is 0 Å². The standard InChI is InChI=1S/C52H88O8SSi3/c1-11-62(12-2,13-3)58-44(36-35-43-30-24-22-25-31-43)38-49(61(53,54)45-32-26-23-27-33-45)50-46(34-28-20-21-29-37-52-55-40-51(10,41-56-52)42-57-52)47(59-63(14-4,15-5)16-6)39-48(50)60-64(17-7,18-8)19-9/h20,22-28,30-33,44,46-50H,11-19,21,29,34-42H2,1-10H3/t44-,46-,47-,48+,49+,50+,51?,52?/m0/s1. The van der Waals surface area contributed by atoms with Crippen LogP contribution >= 0.6 is 0 Å². The summed E-state index contributed by atoms with van der Waals surface area (Å²) < 4.78 is 72.7. The maximum atomic E-state index is 15.8. The van der Waals surface area contributed by atoms with E-state index >= 15 is 8.42 Å². The first-order valence-corrected chi connectivity index (χ1v) is 34.8. The first-order chi connectivity index (χ1) is 30.7. The fraction of sp³-hybridized carbons (Fsp3) is 0.731. The number of aryl methyl sites for hydroxylation is 1. The number of fused-ring (bicyclic) bond motifs is 3. The quantitative estimate of drug-likeness (QED) is 0.0453. The Labute approximate surface area is 393 Å². The molecule has 0 N–H and O–H groups in total. The highest BCUT2D eigenvalue weighted by atomic mass is 32.2. The van der Waals surface area contributed by atoms with Crippen molar-refractivity contribution in [2.45, 2.75) is 209 Å². The van der Waals surface area contributed by atoms with Crippen molar-refractivity contribution in [3.05, 3.63) is 78.4 Å². The molecular formula is C52H88O8SSi3. The van der Waals surface area contributed by atoms with Crippen LogP contribution in [-0.2, 0) is 43.7 Å². The SMILES string of the molecule is CC[Si](CC)(CC)O[C@@H](CCc1ccccc1)C[C@H]([C@@H]1[C@@H](CC=CCCCC23OCC(C)(CO2)CO3)[C@@H](O[Si](CC)(CC)CC)C[C@H]1O[Si](CC)(CC)CC)S(=O)(=O)c1ccccc1. The maximum Gasteiger partial charge on any atom is 0.282 e. The first kappa shape index (κ1) is 53.5. The van der Waals surface area contributed by atoms with Crippen molar-refractivity contribution in [2.24, 2.45) is 17.3 Å². The molecule has 3 aliphatic heterocycles. The van der Waals surface area contributed by atoms with Crippen LogP contribution in [-0.4, -0.2) is 82.7 Å². The Kier molecular flexibility index (Phi) is 20.2. The highest BCUT2D eigenvalue weighted by Crippen LogP contribution is 2.49. The summed E-state index contributed by atoms with van der Waals surface area (Å²) >= 11 is 0. The van der Waals surface area contributed by atoms with Gasteiger partial charge in [0, 0.05) is 23.9 Å². The summed E-state index contributed by atoms with van der Waals surface area (Å²) in [7, 11) is -10.3. The molecule has 4 aliphatic rings. The number of ether oxygens (including phenoxy) is 3. The molecule has 0 unspecified atom stereocenters. The van der Waals surface area contributed by atoms with Crippen LogP contribution in [0.25, 0.3) is 0 Å². The van der Waals surface area contributed by atoms with Crippen LogP contribution in [0.4, 0.5) is 0 Å². The summed E-state index contributed by atoms with van der Waals surface area (Å²) in [5.41, 5.74) is 1.20. The molecule has 1 saturated carbocycles. The molecular weight excluding hydrogens is 869 g/mol. The molecule has 1 aliphatic carbocycles. The van der Waals surface area contributed by atoms with Gasteiger partial charge in [-0.2, -0.15) is 0 Å². The average Bonchev–Trinajstić information content (AvgIpc) is 3.66. The molecule has 12 heteroatoms. The minimum atomic E-state index is -3.86. The van der Waals surface area contributed by atoms with Gasteiger partial charge in [-0.1, -0.05) is 130 Å². The van der Waals surface area contributed by atoms with Gasteiger partial charge in [-0.15, -0.1) is 0 Å². The Morgan fingerprint density at radius 1 is 0.688 bits per heavy atom. The number of unbranched alkanes of at least 4 members (excludes halogenated alkanes) is 1. The fourth-order valence-electron chi connectivity index (χ4n) is 11.0. The zero-order chi connectivity index (χ0) is 46.5. The van der Waals surface area contributed by atoms with E-state index in [-0.39, 0.29) is 35.6 Å². The van der Waals surface area contributed by atoms with E-state index in [1.807, 2.05) is 18.2 Å². The van der Waals surface area contributed by atoms with Gasteiger partial charge >= 0.3 is 0 Å². The Balaban J connectivity index is 1.60. The van der Waals surface area contributed by atoms with Gasteiger partial charge in [0.05, 0.1) is 42.2 Å². The molecule has 6 atom stereocenters. The second-order valence-corrected chi connectivity index (χ2v) is 36.2. The fourth-order valence-corrected chi connectivity index (χ4v) is 21.9. The van der Waals surface area contributed by atoms with Gasteiger partial charge in [0.2, 0.25) is 0 Å². The highest BCUT2D eigenvalue weighted by Gasteiger charge is 2.55. The second-order valence-electron chi connectivity index (χ2n) is 19.9. The smallest absolute Gasteiger partial charge is 0.282 e. The monoisotopic (exact) mass is 957 g/mol. The molecule has 2 bridgehead atoms. The zero-order valence-corrected chi connectivity index (χ0v) is 45.5. The summed E-state index contributed by atoms with van der Waals surface area (Å²) in [4.78, 5) is 0.394. The number of hydrogen-bond acceptors (Lipinski definition) is 8. The summed E-state index contributed by atoms with van der Waals surface area (Å²) in [5, 5.41) is -0.711. The van der Waals surface area contributed by atoms with E-state index in [2.05, 4.69) is 112 Å². The van der Waals surface area contributed by atoms with Gasteiger partial charge in [0.15, 0.2) is 34.8 Å². The van der Waals surface area contributed by atoms with Crippen LogP contribution in [0.2, 0.25) is 54.4 Å². The van der Waals surface area contributed by atoms with E-state index in [1.54, 1.807) is 12.1 Å². The predicted octanol–water partition coefficient (Wildman–Crippen LogP) is 13.5. The van der Waals surface area contributed by atoms with Crippen molar-refractivity contribution in [3.63, 3.8) is 0 Å². The van der Waals surface area contributed by atoms with Gasteiger partial charge in [-0.05, 0) is 123 Å². The van der Waals surface area contributed by atoms with Crippen molar-refractivity contribution in [2.75, 3.05) is 19.8 Å². The number of allylic oxidation sites excluding steroid dienone is 2. The average molecular weight is 958 g/mol. The van der Waals surface area contributed by atoms with E-state index < -0.39 is 46.0 Å². The van der Waals surface area contributed by atoms with Crippen molar-refractivity contribution in [1.82, 2.24) is 0 Å². The lowest BCUT2D eigenvalue weighted by molar-refractivity contribution is -0.467. The number of sulfone groups is 1. The molecule has 4 fully saturated rings. The topological polar surface area (TPSA) is 89.5 Å². The molecule has 0 radical (unpaired) electrons. The third-order valence-electron chi connectivity index (χ3n) is 16.2. The molecule has 3 saturated heterocycles. The van der Waals surface area contributed by atoms with Crippen LogP contribution in [0.15, 0.2) is 77.7 Å².